The lowest BCUT2D eigenvalue weighted by atomic mass is 9.95. The fraction of sp³-hybridized carbons (Fsp3) is 0.653. The first-order chi connectivity index (χ1) is 38.9. The van der Waals surface area contributed by atoms with Crippen molar-refractivity contribution >= 4 is 98.1 Å². The van der Waals surface area contributed by atoms with Crippen molar-refractivity contribution in [2.75, 3.05) is 47.8 Å². The van der Waals surface area contributed by atoms with Gasteiger partial charge in [-0.3, -0.25) is 43.5 Å². The summed E-state index contributed by atoms with van der Waals surface area (Å²) in [4.78, 5) is 130. The van der Waals surface area contributed by atoms with E-state index >= 15 is 0 Å². The molecule has 3 aliphatic heterocycles. The second kappa shape index (κ2) is 46.2. The van der Waals surface area contributed by atoms with Crippen LogP contribution in [0.2, 0.25) is 0 Å². The number of allylic oxidation sites excluding steroid dienone is 1. The number of nitrogens with zero attached hydrogens (tertiary/aromatic N) is 8. The van der Waals surface area contributed by atoms with Crippen LogP contribution >= 0.6 is 45.3 Å². The number of ether oxygens (including phenoxy) is 1. The third-order valence-electron chi connectivity index (χ3n) is 14.4. The summed E-state index contributed by atoms with van der Waals surface area (Å²) in [5.74, 6) is -1.38. The highest BCUT2D eigenvalue weighted by Gasteiger charge is 2.55. The number of amides is 5. The second-order valence-corrected chi connectivity index (χ2v) is 26.7. The average Bonchev–Trinajstić information content (AvgIpc) is 1.57. The zero-order chi connectivity index (χ0) is 59.1. The molecule has 2 aliphatic carbocycles. The van der Waals surface area contributed by atoms with Gasteiger partial charge in [-0.05, 0) is 133 Å². The van der Waals surface area contributed by atoms with Crippen LogP contribution in [-0.2, 0) is 41.7 Å². The number of aromatic nitrogens is 4. The maximum Gasteiger partial charge on any atom is 0.414 e. The standard InChI is InChI=1S/C32H43N5O6S2.C25H31N7O3S2.15CH4/c1-20-9-10-21(37(20)30(42)43-31(2,3)4)16-27(41)35-32(13-14-32)26(40)17-22(38)11-12-28-33-24(19-44-28)29-34-23(18-45-29)25(39)8-7-15-36(5)6;1-14-4-5-16(28-14)21-15(25(6-7-25)31-23(21)35)10-19(33)27-11-20-29-18(13-36-20)24-30-17(12-37-24)22(34)26-8-9-32(2)3;;;;;;;;;;;;;;;/h16,18-20H,7-15,17H2,1-6H3,(H,35,41);12-14H,4-11H2,1-3H3,(H,26,34)(H,27,33)(H,31,35);15*1H4/b21-16-;;;;;;;;;;;;;;;;/t20-;14-;;;;;;;;;;;;;;;/m00.............../s1. The Hall–Kier alpha value is -6.25. The summed E-state index contributed by atoms with van der Waals surface area (Å²) in [5, 5.41) is 21.8. The van der Waals surface area contributed by atoms with E-state index in [2.05, 4.69) is 53.1 Å². The number of nitrogens with one attached hydrogen (secondary N) is 4. The molecule has 4 aromatic heterocycles. The van der Waals surface area contributed by atoms with Crippen molar-refractivity contribution in [3.05, 3.63) is 65.8 Å². The molecule has 7 heterocycles. The van der Waals surface area contributed by atoms with Crippen molar-refractivity contribution in [3.63, 3.8) is 0 Å². The summed E-state index contributed by atoms with van der Waals surface area (Å²) in [6, 6.07) is 0.111. The topological polar surface area (TPSA) is 268 Å². The van der Waals surface area contributed by atoms with Gasteiger partial charge in [-0.25, -0.2) is 24.7 Å². The van der Waals surface area contributed by atoms with Crippen molar-refractivity contribution in [1.82, 2.24) is 55.9 Å². The number of ketones is 3. The van der Waals surface area contributed by atoms with Gasteiger partial charge in [0.1, 0.15) is 49.2 Å². The molecule has 4 aromatic rings. The van der Waals surface area contributed by atoms with Crippen LogP contribution in [0.3, 0.4) is 0 Å². The minimum atomic E-state index is -1.04. The molecule has 1 saturated heterocycles. The molecule has 5 aliphatic rings. The van der Waals surface area contributed by atoms with E-state index in [1.807, 2.05) is 55.7 Å². The van der Waals surface area contributed by atoms with Crippen LogP contribution in [0.4, 0.5) is 4.79 Å². The van der Waals surface area contributed by atoms with Crippen LogP contribution in [0.1, 0.15) is 260 Å². The number of hydrogen-bond acceptors (Lipinski definition) is 20. The summed E-state index contributed by atoms with van der Waals surface area (Å²) in [6.45, 7) is 11.8. The van der Waals surface area contributed by atoms with Crippen molar-refractivity contribution in [2.24, 2.45) is 4.99 Å². The van der Waals surface area contributed by atoms with Gasteiger partial charge in [-0.15, -0.1) is 45.3 Å². The molecule has 0 unspecified atom stereocenters. The first-order valence-electron chi connectivity index (χ1n) is 27.8. The van der Waals surface area contributed by atoms with Gasteiger partial charge in [0.2, 0.25) is 11.8 Å². The largest absolute Gasteiger partial charge is 0.443 e. The molecule has 2 atom stereocenters. The number of thiazole rings is 4. The van der Waals surface area contributed by atoms with Gasteiger partial charge in [-0.1, -0.05) is 111 Å². The van der Waals surface area contributed by atoms with Gasteiger partial charge < -0.3 is 35.8 Å². The fourth-order valence-electron chi connectivity index (χ4n) is 9.71. The lowest BCUT2D eigenvalue weighted by Crippen LogP contribution is -2.44. The molecule has 0 bridgehead atoms. The van der Waals surface area contributed by atoms with Gasteiger partial charge in [0, 0.05) is 83.4 Å². The molecule has 560 valence electrons. The number of likely N-dealkylation sites (N-methyl/N-ethyl adjacent to an activating group) is 1. The summed E-state index contributed by atoms with van der Waals surface area (Å²) in [6.07, 6.45) is 8.21. The molecule has 9 rings (SSSR count). The molecule has 25 heteroatoms. The number of hydrogen-bond donors (Lipinski definition) is 4. The normalized spacial score (nSPS) is 16.1. The molecule has 21 nitrogen and oxygen atoms in total. The third-order valence-corrected chi connectivity index (χ3v) is 17.9. The van der Waals surface area contributed by atoms with Crippen LogP contribution < -0.4 is 21.3 Å². The number of rotatable bonds is 24. The monoisotopic (exact) mass is 1440 g/mol. The number of likely N-dealkylation sites (tertiary alicyclic amines) is 1. The fourth-order valence-corrected chi connectivity index (χ4v) is 12.9. The molecule has 0 radical (unpaired) electrons. The van der Waals surface area contributed by atoms with E-state index < -0.39 is 23.1 Å². The number of aryl methyl sites for hydroxylation is 1. The highest BCUT2D eigenvalue weighted by Crippen LogP contribution is 2.49. The molecular formula is C72H134N12O9S4. The zero-order valence-electron chi connectivity index (χ0n) is 48.2. The smallest absolute Gasteiger partial charge is 0.414 e. The van der Waals surface area contributed by atoms with Gasteiger partial charge in [0.15, 0.2) is 11.6 Å². The summed E-state index contributed by atoms with van der Waals surface area (Å²) in [5.41, 5.74) is 3.06. The first-order valence-corrected chi connectivity index (χ1v) is 31.3. The van der Waals surface area contributed by atoms with Gasteiger partial charge >= 0.3 is 6.09 Å². The maximum atomic E-state index is 13.1. The molecule has 3 fully saturated rings. The highest BCUT2D eigenvalue weighted by molar-refractivity contribution is 7.14. The Labute approximate surface area is 604 Å². The van der Waals surface area contributed by atoms with Crippen molar-refractivity contribution < 1.29 is 43.1 Å². The van der Waals surface area contributed by atoms with Crippen molar-refractivity contribution in [2.45, 2.75) is 271 Å². The predicted molar refractivity (Wildman–Crippen MR) is 418 cm³/mol. The van der Waals surface area contributed by atoms with E-state index in [-0.39, 0.29) is 183 Å². The Morgan fingerprint density at radius 2 is 1.25 bits per heavy atom. The number of carbonyl (C=O) groups excluding carboxylic acids is 8. The van der Waals surface area contributed by atoms with E-state index in [1.165, 1.54) is 56.3 Å². The Morgan fingerprint density at radius 1 is 0.691 bits per heavy atom. The van der Waals surface area contributed by atoms with Gasteiger partial charge in [0.05, 0.1) is 41.0 Å². The molecule has 2 saturated carbocycles. The van der Waals surface area contributed by atoms with E-state index in [0.717, 1.165) is 66.5 Å². The molecule has 0 aromatic carbocycles. The van der Waals surface area contributed by atoms with E-state index in [4.69, 9.17) is 4.74 Å². The van der Waals surface area contributed by atoms with Crippen LogP contribution in [0.15, 0.2) is 49.4 Å². The molecule has 5 amide bonds. The Kier molecular flexibility index (Phi) is 50.8. The molecule has 97 heavy (non-hydrogen) atoms. The highest BCUT2D eigenvalue weighted by atomic mass is 32.1. The van der Waals surface area contributed by atoms with E-state index in [0.29, 0.717) is 95.7 Å². The van der Waals surface area contributed by atoms with Crippen molar-refractivity contribution in [1.29, 1.82) is 0 Å². The van der Waals surface area contributed by atoms with Crippen LogP contribution in [-0.4, -0.2) is 164 Å². The minimum Gasteiger partial charge on any atom is -0.443 e. The van der Waals surface area contributed by atoms with Gasteiger partial charge in [-0.2, -0.15) is 0 Å². The Bertz CT molecular complexity index is 3180. The van der Waals surface area contributed by atoms with Crippen LogP contribution in [0.5, 0.6) is 0 Å². The summed E-state index contributed by atoms with van der Waals surface area (Å²) < 4.78 is 5.51. The Balaban J connectivity index is -0.000000238. The first kappa shape index (κ1) is 107. The number of Topliss-reactive ketones (excluding diaryl/α,β-unsaturated/α-hetero) is 3. The maximum absolute atomic E-state index is 13.1. The minimum absolute atomic E-state index is 0. The average molecular weight is 1440 g/mol. The quantitative estimate of drug-likeness (QED) is 0.0289. The Morgan fingerprint density at radius 3 is 1.78 bits per heavy atom. The van der Waals surface area contributed by atoms with Crippen LogP contribution in [0, 0.1) is 0 Å². The lowest BCUT2D eigenvalue weighted by Gasteiger charge is -2.28. The summed E-state index contributed by atoms with van der Waals surface area (Å²) in [7, 11) is 7.85. The zero-order valence-corrected chi connectivity index (χ0v) is 51.4. The second-order valence-electron chi connectivity index (χ2n) is 23.1. The van der Waals surface area contributed by atoms with Gasteiger partial charge in [0.25, 0.3) is 11.8 Å². The SMILES string of the molecule is C.C.C.C.C.C.C.C.C.C.C.C.C.C.C.C[C@H]1CC/C(=C/C(=O)NC2(C(=O)CC(=O)CCc3nc(-c4nc(C(=O)CCCN(C)C)cs4)cs3)CC2)N1C(=O)OC(C)(C)C.C[C@H]1CCC(C2=C(CC(=O)NCc3nc(-c4nc(C(=O)NCCN(C)C)cs4)cs3)C3(CC3)NC2=O)=N1. The molecule has 4 N–H and O–H groups in total. The number of aliphatic imine (C=N–C) groups is 1. The van der Waals surface area contributed by atoms with Crippen molar-refractivity contribution in [3.8, 4) is 21.4 Å². The summed E-state index contributed by atoms with van der Waals surface area (Å²) >= 11 is 5.59. The van der Waals surface area contributed by atoms with E-state index in [1.54, 1.807) is 31.5 Å². The lowest BCUT2D eigenvalue weighted by molar-refractivity contribution is -0.131. The molecular weight excluding hydrogens is 1310 g/mol. The molecule has 1 spiro atoms. The van der Waals surface area contributed by atoms with E-state index in [9.17, 15) is 38.4 Å². The predicted octanol–water partition coefficient (Wildman–Crippen LogP) is 16.9. The van der Waals surface area contributed by atoms with Crippen LogP contribution in [0.25, 0.3) is 21.4 Å². The number of carbonyl (C=O) groups is 8. The third kappa shape index (κ3) is 28.9.